The zero-order valence-electron chi connectivity index (χ0n) is 25.2. The van der Waals surface area contributed by atoms with Gasteiger partial charge in [0.1, 0.15) is 5.71 Å². The molecule has 5 aromatic carbocycles. The van der Waals surface area contributed by atoms with E-state index in [0.29, 0.717) is 0 Å². The Morgan fingerprint density at radius 2 is 1.28 bits per heavy atom. The number of para-hydroxylation sites is 1. The summed E-state index contributed by atoms with van der Waals surface area (Å²) in [4.78, 5) is 13.7. The molecule has 0 radical (unpaired) electrons. The number of fused-ring (bicyclic) bond motifs is 3. The van der Waals surface area contributed by atoms with Crippen molar-refractivity contribution in [1.82, 2.24) is 9.97 Å². The molecule has 2 heterocycles. The van der Waals surface area contributed by atoms with Crippen molar-refractivity contribution in [2.45, 2.75) is 0 Å². The normalized spacial score (nSPS) is 14.8. The van der Waals surface area contributed by atoms with Gasteiger partial charge in [0.2, 0.25) is 0 Å². The van der Waals surface area contributed by atoms with Crippen molar-refractivity contribution >= 4 is 55.1 Å². The van der Waals surface area contributed by atoms with Gasteiger partial charge in [-0.3, -0.25) is 20.4 Å². The van der Waals surface area contributed by atoms with Gasteiger partial charge in [0.25, 0.3) is 0 Å². The van der Waals surface area contributed by atoms with Crippen LogP contribution in [0.1, 0.15) is 5.56 Å². The summed E-state index contributed by atoms with van der Waals surface area (Å²) in [6.45, 7) is 0. The summed E-state index contributed by atoms with van der Waals surface area (Å²) in [6.07, 6.45) is 12.0. The van der Waals surface area contributed by atoms with Crippen LogP contribution < -0.4 is 5.43 Å². The van der Waals surface area contributed by atoms with Crippen LogP contribution in [0.25, 0.3) is 60.3 Å². The third kappa shape index (κ3) is 4.94. The summed E-state index contributed by atoms with van der Waals surface area (Å²) >= 11 is 0. The molecular formula is C41H29N5. The maximum Gasteiger partial charge on any atom is 0.109 e. The lowest BCUT2D eigenvalue weighted by atomic mass is 9.84. The molecular weight excluding hydrogens is 562 g/mol. The highest BCUT2D eigenvalue weighted by Crippen LogP contribution is 2.42. The number of aromatic nitrogens is 2. The Hall–Kier alpha value is -6.20. The molecule has 0 saturated carbocycles. The molecule has 0 fully saturated rings. The van der Waals surface area contributed by atoms with Crippen LogP contribution in [-0.4, -0.2) is 28.4 Å². The lowest BCUT2D eigenvalue weighted by Crippen LogP contribution is -2.15. The van der Waals surface area contributed by atoms with Crippen molar-refractivity contribution in [3.05, 3.63) is 158 Å². The van der Waals surface area contributed by atoms with Crippen molar-refractivity contribution in [2.24, 2.45) is 10.1 Å². The van der Waals surface area contributed by atoms with Crippen LogP contribution in [0.5, 0.6) is 0 Å². The topological polar surface area (TPSA) is 62.5 Å². The molecule has 46 heavy (non-hydrogen) atoms. The predicted octanol–water partition coefficient (Wildman–Crippen LogP) is 9.76. The average Bonchev–Trinajstić information content (AvgIpc) is 3.13. The first-order valence-corrected chi connectivity index (χ1v) is 15.3. The zero-order chi connectivity index (χ0) is 30.9. The van der Waals surface area contributed by atoms with E-state index in [1.54, 1.807) is 6.20 Å². The highest BCUT2D eigenvalue weighted by atomic mass is 15.3. The van der Waals surface area contributed by atoms with Crippen molar-refractivity contribution in [2.75, 3.05) is 12.5 Å². The fraction of sp³-hybridized carbons (Fsp3) is 0.0244. The number of nitrogens with zero attached hydrogens (tertiary/aromatic N) is 4. The molecule has 5 nitrogen and oxygen atoms in total. The van der Waals surface area contributed by atoms with E-state index in [4.69, 9.17) is 10.1 Å². The van der Waals surface area contributed by atoms with Crippen molar-refractivity contribution < 1.29 is 0 Å². The molecule has 8 rings (SSSR count). The first-order valence-electron chi connectivity index (χ1n) is 15.3. The maximum atomic E-state index is 4.81. The lowest BCUT2D eigenvalue weighted by Gasteiger charge is -2.20. The third-order valence-corrected chi connectivity index (χ3v) is 8.50. The van der Waals surface area contributed by atoms with Gasteiger partial charge in [0.05, 0.1) is 16.9 Å². The Morgan fingerprint density at radius 3 is 1.98 bits per heavy atom. The molecule has 1 aliphatic rings. The largest absolute Gasteiger partial charge is 0.286 e. The van der Waals surface area contributed by atoms with Crippen LogP contribution >= 0.6 is 0 Å². The van der Waals surface area contributed by atoms with E-state index in [0.717, 1.165) is 50.3 Å². The van der Waals surface area contributed by atoms with Gasteiger partial charge in [0.15, 0.2) is 0 Å². The van der Waals surface area contributed by atoms with Crippen molar-refractivity contribution in [1.29, 1.82) is 0 Å². The SMILES string of the molecule is CN=C1C=C(c2c3ccccc3c(-c3cnc4ccccc4c3)c3ccccc23)C=C/C1=N/Nc1ccc(-c2cccnc2)cc1. The highest BCUT2D eigenvalue weighted by Gasteiger charge is 2.20. The van der Waals surface area contributed by atoms with Crippen LogP contribution in [0.4, 0.5) is 5.69 Å². The molecule has 0 amide bonds. The molecule has 1 N–H and O–H groups in total. The maximum absolute atomic E-state index is 4.81. The van der Waals surface area contributed by atoms with Crippen LogP contribution in [0.2, 0.25) is 0 Å². The third-order valence-electron chi connectivity index (χ3n) is 8.50. The zero-order valence-corrected chi connectivity index (χ0v) is 25.2. The fourth-order valence-corrected chi connectivity index (χ4v) is 6.31. The monoisotopic (exact) mass is 591 g/mol. The van der Waals surface area contributed by atoms with Gasteiger partial charge in [-0.1, -0.05) is 91.0 Å². The fourth-order valence-electron chi connectivity index (χ4n) is 6.31. The smallest absolute Gasteiger partial charge is 0.109 e. The number of rotatable bonds is 5. The number of aliphatic imine (C=N–C) groups is 1. The van der Waals surface area contributed by atoms with Crippen LogP contribution in [0.15, 0.2) is 162 Å². The number of pyridine rings is 2. The number of benzene rings is 5. The molecule has 0 spiro atoms. The molecule has 2 aromatic heterocycles. The van der Waals surface area contributed by atoms with E-state index in [1.807, 2.05) is 49.8 Å². The number of allylic oxidation sites excluding steroid dienone is 4. The second-order valence-electron chi connectivity index (χ2n) is 11.2. The first-order chi connectivity index (χ1) is 22.8. The molecule has 0 aliphatic heterocycles. The Bertz CT molecular complexity index is 2330. The van der Waals surface area contributed by atoms with Crippen molar-refractivity contribution in [3.8, 4) is 22.3 Å². The average molecular weight is 592 g/mol. The molecule has 0 unspecified atom stereocenters. The second kappa shape index (κ2) is 11.7. The Labute approximate surface area is 267 Å². The molecule has 218 valence electrons. The van der Waals surface area contributed by atoms with E-state index < -0.39 is 0 Å². The minimum Gasteiger partial charge on any atom is -0.286 e. The van der Waals surface area contributed by atoms with Gasteiger partial charge in [-0.25, -0.2) is 0 Å². The first kappa shape index (κ1) is 27.4. The minimum atomic E-state index is 0.773. The summed E-state index contributed by atoms with van der Waals surface area (Å²) in [5, 5.41) is 10.6. The molecule has 5 heteroatoms. The van der Waals surface area contributed by atoms with Crippen molar-refractivity contribution in [3.63, 3.8) is 0 Å². The molecule has 0 bridgehead atoms. The van der Waals surface area contributed by atoms with E-state index in [-0.39, 0.29) is 0 Å². The number of hydrogen-bond donors (Lipinski definition) is 1. The molecule has 0 atom stereocenters. The van der Waals surface area contributed by atoms with Gasteiger partial charge in [-0.2, -0.15) is 5.10 Å². The summed E-state index contributed by atoms with van der Waals surface area (Å²) in [7, 11) is 1.81. The van der Waals surface area contributed by atoms with Crippen LogP contribution in [-0.2, 0) is 0 Å². The summed E-state index contributed by atoms with van der Waals surface area (Å²) in [5.74, 6) is 0. The summed E-state index contributed by atoms with van der Waals surface area (Å²) in [5.41, 5.74) is 13.5. The van der Waals surface area contributed by atoms with Gasteiger partial charge < -0.3 is 0 Å². The van der Waals surface area contributed by atoms with Crippen LogP contribution in [0, 0.1) is 0 Å². The van der Waals surface area contributed by atoms with E-state index in [1.165, 1.54) is 32.7 Å². The number of hydrogen-bond acceptors (Lipinski definition) is 5. The molecule has 0 saturated heterocycles. The number of hydrazone groups is 1. The Kier molecular flexibility index (Phi) is 6.97. The highest BCUT2D eigenvalue weighted by molar-refractivity contribution is 6.53. The molecule has 7 aromatic rings. The Balaban J connectivity index is 1.18. The van der Waals surface area contributed by atoms with Gasteiger partial charge in [0, 0.05) is 36.6 Å². The Morgan fingerprint density at radius 1 is 0.587 bits per heavy atom. The number of anilines is 1. The standard InChI is InChI=1S/C41H29N5/c1-42-39-24-29(18-21-38(39)46-45-32-19-16-27(17-20-32)30-10-8-22-43-25-30)40-33-11-3-5-13-35(33)41(36-14-6-4-12-34(36)40)31-23-28-9-2-7-15-37(28)44-26-31/h2-26,45H,1H3/b42-39?,46-38-. The second-order valence-corrected chi connectivity index (χ2v) is 11.2. The van der Waals surface area contributed by atoms with Gasteiger partial charge >= 0.3 is 0 Å². The summed E-state index contributed by atoms with van der Waals surface area (Å²) in [6, 6.07) is 40.0. The quantitative estimate of drug-likeness (QED) is 0.123. The van der Waals surface area contributed by atoms with Gasteiger partial charge in [-0.15, -0.1) is 0 Å². The predicted molar refractivity (Wildman–Crippen MR) is 193 cm³/mol. The summed E-state index contributed by atoms with van der Waals surface area (Å²) < 4.78 is 0. The number of nitrogens with one attached hydrogen (secondary N) is 1. The van der Waals surface area contributed by atoms with Gasteiger partial charge in [-0.05, 0) is 91.9 Å². The lowest BCUT2D eigenvalue weighted by molar-refractivity contribution is 1.32. The molecule has 1 aliphatic carbocycles. The van der Waals surface area contributed by atoms with E-state index in [9.17, 15) is 0 Å². The van der Waals surface area contributed by atoms with E-state index >= 15 is 0 Å². The van der Waals surface area contributed by atoms with Crippen LogP contribution in [0.3, 0.4) is 0 Å². The van der Waals surface area contributed by atoms with E-state index in [2.05, 4.69) is 119 Å². The minimum absolute atomic E-state index is 0.773.